The zero-order valence-corrected chi connectivity index (χ0v) is 40.9. The Morgan fingerprint density at radius 3 is 1.20 bits per heavy atom. The van der Waals surface area contributed by atoms with Crippen molar-refractivity contribution in [3.8, 4) is 50.2 Å². The van der Waals surface area contributed by atoms with Gasteiger partial charge >= 0.3 is 0 Å². The Balaban J connectivity index is 0.832. The number of para-hydroxylation sites is 1. The van der Waals surface area contributed by atoms with Crippen molar-refractivity contribution in [2.24, 2.45) is 0 Å². The first-order chi connectivity index (χ1) is 37.2. The van der Waals surface area contributed by atoms with Crippen LogP contribution in [0.15, 0.2) is 283 Å². The van der Waals surface area contributed by atoms with Crippen LogP contribution in [-0.2, 0) is 0 Å². The van der Waals surface area contributed by atoms with Crippen LogP contribution in [0.2, 0.25) is 0 Å². The van der Waals surface area contributed by atoms with E-state index < -0.39 is 0 Å². The molecule has 2 heterocycles. The molecule has 0 radical (unpaired) electrons. The second kappa shape index (κ2) is 17.4. The second-order valence-corrected chi connectivity index (χ2v) is 19.6. The van der Waals surface area contributed by atoms with Crippen molar-refractivity contribution in [3.63, 3.8) is 0 Å². The molecule has 350 valence electrons. The van der Waals surface area contributed by atoms with Crippen molar-refractivity contribution in [2.75, 3.05) is 4.90 Å². The number of aromatic nitrogens is 1. The SMILES string of the molecule is c1ccc(-c2ccc(N(c3ccc(-c4ccc5c(c4)c4cc(-c6ccccc6)ccc4n5-c4ccc(-c5ccc6c7ccccc7c7ccccc7c6c5)cc4)cc3)c3cccc4oc5ccccc5c34)cc2)cc1. The van der Waals surface area contributed by atoms with Crippen molar-refractivity contribution in [2.45, 2.75) is 0 Å². The summed E-state index contributed by atoms with van der Waals surface area (Å²) in [5, 5.41) is 12.3. The van der Waals surface area contributed by atoms with Crippen LogP contribution in [0.5, 0.6) is 0 Å². The molecule has 75 heavy (non-hydrogen) atoms. The van der Waals surface area contributed by atoms with Gasteiger partial charge in [-0.25, -0.2) is 0 Å². The highest BCUT2D eigenvalue weighted by Crippen LogP contribution is 2.45. The van der Waals surface area contributed by atoms with E-state index >= 15 is 0 Å². The monoisotopic (exact) mass is 954 g/mol. The lowest BCUT2D eigenvalue weighted by atomic mass is 9.92. The Labute approximate surface area is 434 Å². The smallest absolute Gasteiger partial charge is 0.137 e. The second-order valence-electron chi connectivity index (χ2n) is 19.6. The molecule has 0 N–H and O–H groups in total. The number of hydrogen-bond donors (Lipinski definition) is 0. The summed E-state index contributed by atoms with van der Waals surface area (Å²) in [5.41, 5.74) is 17.8. The van der Waals surface area contributed by atoms with E-state index in [1.54, 1.807) is 0 Å². The van der Waals surface area contributed by atoms with E-state index in [0.29, 0.717) is 0 Å². The Hall–Kier alpha value is -9.96. The molecule has 0 saturated carbocycles. The minimum Gasteiger partial charge on any atom is -0.456 e. The summed E-state index contributed by atoms with van der Waals surface area (Å²) in [5.74, 6) is 0. The number of rotatable bonds is 8. The quantitative estimate of drug-likeness (QED) is 0.142. The van der Waals surface area contributed by atoms with Crippen LogP contribution in [0.1, 0.15) is 0 Å². The molecule has 0 fully saturated rings. The van der Waals surface area contributed by atoms with Crippen LogP contribution in [-0.4, -0.2) is 4.57 Å². The van der Waals surface area contributed by atoms with Gasteiger partial charge < -0.3 is 13.9 Å². The maximum atomic E-state index is 6.43. The molecule has 0 aliphatic rings. The Morgan fingerprint density at radius 1 is 0.253 bits per heavy atom. The van der Waals surface area contributed by atoms with Gasteiger partial charge in [-0.3, -0.25) is 0 Å². The van der Waals surface area contributed by atoms with E-state index in [2.05, 4.69) is 282 Å². The summed E-state index contributed by atoms with van der Waals surface area (Å²) in [4.78, 5) is 2.36. The lowest BCUT2D eigenvalue weighted by Crippen LogP contribution is -2.10. The van der Waals surface area contributed by atoms with E-state index in [-0.39, 0.29) is 0 Å². The molecule has 2 aromatic heterocycles. The topological polar surface area (TPSA) is 21.3 Å². The Morgan fingerprint density at radius 2 is 0.640 bits per heavy atom. The molecule has 0 bridgehead atoms. The van der Waals surface area contributed by atoms with Crippen LogP contribution in [0.3, 0.4) is 0 Å². The number of anilines is 3. The molecule has 0 aliphatic heterocycles. The van der Waals surface area contributed by atoms with Gasteiger partial charge in [0.25, 0.3) is 0 Å². The summed E-state index contributed by atoms with van der Waals surface area (Å²) in [6.07, 6.45) is 0. The third kappa shape index (κ3) is 7.12. The number of furan rings is 1. The predicted molar refractivity (Wildman–Crippen MR) is 317 cm³/mol. The van der Waals surface area contributed by atoms with Gasteiger partial charge in [0, 0.05) is 33.2 Å². The molecule has 3 nitrogen and oxygen atoms in total. The van der Waals surface area contributed by atoms with Crippen molar-refractivity contribution in [1.29, 1.82) is 0 Å². The maximum absolute atomic E-state index is 6.43. The van der Waals surface area contributed by atoms with Gasteiger partial charge in [-0.05, 0) is 162 Å². The van der Waals surface area contributed by atoms with E-state index in [0.717, 1.165) is 61.3 Å². The van der Waals surface area contributed by atoms with Gasteiger partial charge in [0.1, 0.15) is 11.2 Å². The van der Waals surface area contributed by atoms with E-state index in [4.69, 9.17) is 4.42 Å². The average molecular weight is 955 g/mol. The molecule has 15 rings (SSSR count). The number of hydrogen-bond acceptors (Lipinski definition) is 2. The van der Waals surface area contributed by atoms with Gasteiger partial charge in [-0.2, -0.15) is 0 Å². The van der Waals surface area contributed by atoms with Gasteiger partial charge in [0.05, 0.1) is 22.1 Å². The molecule has 0 aliphatic carbocycles. The van der Waals surface area contributed by atoms with E-state index in [9.17, 15) is 0 Å². The minimum atomic E-state index is 0.864. The summed E-state index contributed by atoms with van der Waals surface area (Å²) < 4.78 is 8.86. The number of benzene rings is 13. The van der Waals surface area contributed by atoms with Crippen LogP contribution in [0.25, 0.3) is 126 Å². The van der Waals surface area contributed by atoms with Crippen LogP contribution in [0, 0.1) is 0 Å². The molecule has 13 aromatic carbocycles. The highest BCUT2D eigenvalue weighted by molar-refractivity contribution is 6.26. The molecular weight excluding hydrogens is 909 g/mol. The summed E-state index contributed by atoms with van der Waals surface area (Å²) >= 11 is 0. The minimum absolute atomic E-state index is 0.864. The molecular formula is C72H46N2O. The lowest BCUT2D eigenvalue weighted by molar-refractivity contribution is 0.669. The zero-order chi connectivity index (χ0) is 49.4. The number of fused-ring (bicyclic) bond motifs is 12. The average Bonchev–Trinajstić information content (AvgIpc) is 4.07. The predicted octanol–water partition coefficient (Wildman–Crippen LogP) is 20.3. The van der Waals surface area contributed by atoms with Gasteiger partial charge in [0.2, 0.25) is 0 Å². The maximum Gasteiger partial charge on any atom is 0.137 e. The summed E-state index contributed by atoms with van der Waals surface area (Å²) in [6.45, 7) is 0. The fourth-order valence-electron chi connectivity index (χ4n) is 11.8. The first-order valence-corrected chi connectivity index (χ1v) is 25.7. The first-order valence-electron chi connectivity index (χ1n) is 25.7. The fraction of sp³-hybridized carbons (Fsp3) is 0. The van der Waals surface area contributed by atoms with Crippen molar-refractivity contribution < 1.29 is 4.42 Å². The van der Waals surface area contributed by atoms with Crippen molar-refractivity contribution in [3.05, 3.63) is 279 Å². The van der Waals surface area contributed by atoms with Gasteiger partial charge in [-0.1, -0.05) is 194 Å². The molecule has 0 spiro atoms. The van der Waals surface area contributed by atoms with Crippen LogP contribution in [0.4, 0.5) is 17.1 Å². The molecule has 0 saturated heterocycles. The molecule has 0 atom stereocenters. The third-order valence-corrected chi connectivity index (χ3v) is 15.4. The molecule has 15 aromatic rings. The highest BCUT2D eigenvalue weighted by atomic mass is 16.3. The normalized spacial score (nSPS) is 11.7. The molecule has 3 heteroatoms. The van der Waals surface area contributed by atoms with Crippen molar-refractivity contribution >= 4 is 93.1 Å². The zero-order valence-electron chi connectivity index (χ0n) is 40.9. The highest BCUT2D eigenvalue weighted by Gasteiger charge is 2.21. The Bertz CT molecular complexity index is 4630. The summed E-state index contributed by atoms with van der Waals surface area (Å²) in [6, 6.07) is 101. The lowest BCUT2D eigenvalue weighted by Gasteiger charge is -2.26. The standard InChI is InChI=1S/C72H46N2O/c1-3-14-47(15-4-1)49-26-35-55(36-27-49)73(69-23-13-25-71-72(69)63-22-11-12-24-70(63)75-71)56-37-28-51(29-38-56)54-34-43-68-66(46-54)65-45-53(48-16-5-2-6-17-48)33-42-67(65)74(68)57-39-30-50(31-40-57)52-32-41-62-60-20-8-7-18-58(60)59-19-9-10-21-61(59)64(62)44-52/h1-46H. The van der Waals surface area contributed by atoms with Crippen LogP contribution < -0.4 is 4.90 Å². The number of nitrogens with zero attached hydrogens (tertiary/aromatic N) is 2. The third-order valence-electron chi connectivity index (χ3n) is 15.4. The van der Waals surface area contributed by atoms with Crippen LogP contribution >= 0.6 is 0 Å². The molecule has 0 unspecified atom stereocenters. The molecule has 0 amide bonds. The largest absolute Gasteiger partial charge is 0.456 e. The van der Waals surface area contributed by atoms with E-state index in [1.807, 2.05) is 6.07 Å². The fourth-order valence-corrected chi connectivity index (χ4v) is 11.8. The van der Waals surface area contributed by atoms with Gasteiger partial charge in [0.15, 0.2) is 0 Å². The summed E-state index contributed by atoms with van der Waals surface area (Å²) in [7, 11) is 0. The van der Waals surface area contributed by atoms with E-state index in [1.165, 1.54) is 82.0 Å². The van der Waals surface area contributed by atoms with Crippen molar-refractivity contribution in [1.82, 2.24) is 4.57 Å². The first kappa shape index (κ1) is 42.7. The van der Waals surface area contributed by atoms with Gasteiger partial charge in [-0.15, -0.1) is 0 Å². The Kier molecular flexibility index (Phi) is 9.89.